The van der Waals surface area contributed by atoms with Gasteiger partial charge in [-0.1, -0.05) is 0 Å². The van der Waals surface area contributed by atoms with Crippen LogP contribution in [-0.2, 0) is 0 Å². The molecular formula is C16H33Ac2N4O2+. The predicted octanol–water partition coefficient (Wildman–Crippen LogP) is -1.16. The second-order valence-electron chi connectivity index (χ2n) is 7.80. The van der Waals surface area contributed by atoms with Crippen molar-refractivity contribution in [3.63, 3.8) is 0 Å². The van der Waals surface area contributed by atoms with Gasteiger partial charge in [0.05, 0.1) is 19.2 Å². The van der Waals surface area contributed by atoms with Crippen molar-refractivity contribution in [3.8, 4) is 0 Å². The van der Waals surface area contributed by atoms with E-state index in [2.05, 4.69) is 14.7 Å². The fourth-order valence-corrected chi connectivity index (χ4v) is 4.14. The van der Waals surface area contributed by atoms with E-state index in [1.165, 1.54) is 0 Å². The molecule has 4 unspecified atom stereocenters. The zero-order valence-corrected chi connectivity index (χ0v) is 24.9. The molecule has 24 heavy (non-hydrogen) atoms. The van der Waals surface area contributed by atoms with Gasteiger partial charge < -0.3 is 10.2 Å². The van der Waals surface area contributed by atoms with Gasteiger partial charge in [-0.2, -0.15) is 0 Å². The van der Waals surface area contributed by atoms with Gasteiger partial charge in [0.1, 0.15) is 0 Å². The van der Waals surface area contributed by atoms with Gasteiger partial charge in [-0.15, -0.1) is 0 Å². The summed E-state index contributed by atoms with van der Waals surface area (Å²) in [5.41, 5.74) is -0.496. The number of quaternary nitrogens is 1. The normalized spacial score (nSPS) is 41.5. The smallest absolute Gasteiger partial charge is 0.248 e. The molecule has 8 heteroatoms. The SMILES string of the molecule is CC(O)CN1CCN2CCN(CC1)CC[N+]1(CC2)CC1(C)O.[Ac].[Ac]. The summed E-state index contributed by atoms with van der Waals surface area (Å²) in [6.45, 7) is 16.3. The van der Waals surface area contributed by atoms with Crippen LogP contribution in [0.1, 0.15) is 13.8 Å². The Hall–Kier alpha value is 2.64. The molecule has 2 N–H and O–H groups in total. The summed E-state index contributed by atoms with van der Waals surface area (Å²) in [6, 6.07) is 0. The minimum Gasteiger partial charge on any atom is -0.392 e. The number of β-amino-alcohol motifs (C(OH)–C–C–N with tert-alkyl or cyclic N) is 1. The molecular weight excluding hydrogens is 734 g/mol. The Balaban J connectivity index is 0.00000144. The first-order valence-electron chi connectivity index (χ1n) is 8.84. The maximum absolute atomic E-state index is 10.4. The zero-order chi connectivity index (χ0) is 15.8. The van der Waals surface area contributed by atoms with E-state index in [0.717, 1.165) is 83.0 Å². The van der Waals surface area contributed by atoms with E-state index >= 15 is 0 Å². The Morgan fingerprint density at radius 2 is 1.33 bits per heavy atom. The largest absolute Gasteiger partial charge is 0.392 e. The summed E-state index contributed by atoms with van der Waals surface area (Å²) in [7, 11) is 0. The van der Waals surface area contributed by atoms with Crippen molar-refractivity contribution in [1.82, 2.24) is 14.7 Å². The molecule has 0 aliphatic carbocycles. The average molecular weight is 767 g/mol. The fourth-order valence-electron chi connectivity index (χ4n) is 4.14. The molecule has 0 aromatic rings. The Labute approximate surface area is 218 Å². The second-order valence-corrected chi connectivity index (χ2v) is 7.80. The summed E-state index contributed by atoms with van der Waals surface area (Å²) >= 11 is 0. The first-order valence-corrected chi connectivity index (χ1v) is 8.84. The van der Waals surface area contributed by atoms with E-state index in [4.69, 9.17) is 0 Å². The molecule has 3 heterocycles. The van der Waals surface area contributed by atoms with Crippen molar-refractivity contribution in [2.45, 2.75) is 25.7 Å². The van der Waals surface area contributed by atoms with Gasteiger partial charge in [0.15, 0.2) is 6.54 Å². The van der Waals surface area contributed by atoms with Crippen LogP contribution in [0.2, 0.25) is 0 Å². The Bertz CT molecular complexity index is 378. The molecule has 3 rings (SSSR count). The van der Waals surface area contributed by atoms with Crippen molar-refractivity contribution in [1.29, 1.82) is 0 Å². The number of hydrogen-bond donors (Lipinski definition) is 2. The van der Waals surface area contributed by atoms with Gasteiger partial charge in [0.25, 0.3) is 0 Å². The third-order valence-corrected chi connectivity index (χ3v) is 5.93. The van der Waals surface area contributed by atoms with E-state index < -0.39 is 5.72 Å². The van der Waals surface area contributed by atoms with Crippen LogP contribution >= 0.6 is 0 Å². The molecule has 3 aliphatic rings. The first kappa shape index (κ1) is 24.7. The molecule has 1 spiro atoms. The van der Waals surface area contributed by atoms with E-state index in [1.807, 2.05) is 13.8 Å². The van der Waals surface area contributed by atoms with Crippen molar-refractivity contribution in [2.24, 2.45) is 0 Å². The van der Waals surface area contributed by atoms with E-state index in [-0.39, 0.29) is 94.2 Å². The summed E-state index contributed by atoms with van der Waals surface area (Å²) in [5.74, 6) is 0. The third kappa shape index (κ3) is 6.33. The Morgan fingerprint density at radius 1 is 0.917 bits per heavy atom. The van der Waals surface area contributed by atoms with Gasteiger partial charge in [-0.25, -0.2) is 0 Å². The number of nitrogens with zero attached hydrogens (tertiary/aromatic N) is 4. The van der Waals surface area contributed by atoms with Crippen molar-refractivity contribution in [3.05, 3.63) is 0 Å². The van der Waals surface area contributed by atoms with Crippen LogP contribution in [0.5, 0.6) is 0 Å². The average Bonchev–Trinajstić information content (AvgIpc) is 2.93. The van der Waals surface area contributed by atoms with Crippen molar-refractivity contribution < 1.29 is 103 Å². The quantitative estimate of drug-likeness (QED) is 0.275. The van der Waals surface area contributed by atoms with Crippen molar-refractivity contribution in [2.75, 3.05) is 78.5 Å². The Kier molecular flexibility index (Phi) is 10.7. The van der Waals surface area contributed by atoms with Gasteiger partial charge in [0, 0.05) is 154 Å². The summed E-state index contributed by atoms with van der Waals surface area (Å²) in [6.07, 6.45) is -0.253. The van der Waals surface area contributed by atoms with Crippen LogP contribution in [0.4, 0.5) is 0 Å². The molecule has 0 saturated carbocycles. The first-order chi connectivity index (χ1) is 10.4. The molecule has 4 atom stereocenters. The van der Waals surface area contributed by atoms with Crippen LogP contribution in [0.3, 0.4) is 0 Å². The van der Waals surface area contributed by atoms with Crippen molar-refractivity contribution >= 4 is 0 Å². The molecule has 6 nitrogen and oxygen atoms in total. The summed E-state index contributed by atoms with van der Waals surface area (Å²) < 4.78 is 0.886. The topological polar surface area (TPSA) is 50.2 Å². The molecule has 134 valence electrons. The van der Waals surface area contributed by atoms with E-state index in [9.17, 15) is 10.2 Å². The predicted molar refractivity (Wildman–Crippen MR) is 86.5 cm³/mol. The number of aliphatic hydroxyl groups is 2. The van der Waals surface area contributed by atoms with Crippen LogP contribution < -0.4 is 0 Å². The summed E-state index contributed by atoms with van der Waals surface area (Å²) in [5, 5.41) is 20.1. The number of aliphatic hydroxyl groups excluding tert-OH is 1. The molecule has 3 aliphatic heterocycles. The number of rotatable bonds is 2. The number of hydrogen-bond acceptors (Lipinski definition) is 5. The molecule has 2 bridgehead atoms. The van der Waals surface area contributed by atoms with Gasteiger partial charge in [-0.05, 0) is 6.92 Å². The third-order valence-electron chi connectivity index (χ3n) is 5.93. The molecule has 0 aromatic heterocycles. The molecule has 3 fully saturated rings. The van der Waals surface area contributed by atoms with Gasteiger partial charge in [-0.3, -0.25) is 19.2 Å². The van der Waals surface area contributed by atoms with Crippen LogP contribution in [0, 0.1) is 88.1 Å². The zero-order valence-electron chi connectivity index (χ0n) is 15.4. The van der Waals surface area contributed by atoms with Crippen LogP contribution in [0.15, 0.2) is 0 Å². The second kappa shape index (κ2) is 10.4. The molecule has 2 radical (unpaired) electrons. The minimum atomic E-state index is -0.496. The summed E-state index contributed by atoms with van der Waals surface area (Å²) in [4.78, 5) is 7.50. The molecule has 3 saturated heterocycles. The maximum atomic E-state index is 10.4. The van der Waals surface area contributed by atoms with Gasteiger partial charge in [0.2, 0.25) is 5.72 Å². The maximum Gasteiger partial charge on any atom is 0.248 e. The molecule has 0 amide bonds. The van der Waals surface area contributed by atoms with Crippen LogP contribution in [0.25, 0.3) is 0 Å². The van der Waals surface area contributed by atoms with Crippen LogP contribution in [-0.4, -0.2) is 120 Å². The van der Waals surface area contributed by atoms with E-state index in [1.54, 1.807) is 0 Å². The number of fused-ring (bicyclic) bond motifs is 3. The Morgan fingerprint density at radius 3 is 1.71 bits per heavy atom. The minimum absolute atomic E-state index is 0. The standard InChI is InChI=1S/C16H33N4O2.2Ac/c1-15(21)13-19-7-5-17-3-4-18(6-8-19)10-12-20(11-9-17)14-16(20,2)22;;/h15,21-22H,3-14H2,1-2H3;;/q+1;;. The monoisotopic (exact) mass is 767 g/mol. The van der Waals surface area contributed by atoms with Gasteiger partial charge >= 0.3 is 0 Å². The van der Waals surface area contributed by atoms with E-state index in [0.29, 0.717) is 0 Å². The fraction of sp³-hybridized carbons (Fsp3) is 1.00. The molecule has 0 aromatic carbocycles.